The summed E-state index contributed by atoms with van der Waals surface area (Å²) in [6.07, 6.45) is 5.63. The van der Waals surface area contributed by atoms with Crippen molar-refractivity contribution in [1.82, 2.24) is 0 Å². The quantitative estimate of drug-likeness (QED) is 0.875. The van der Waals surface area contributed by atoms with Crippen molar-refractivity contribution >= 4 is 11.6 Å². The first-order chi connectivity index (χ1) is 8.56. The zero-order valence-electron chi connectivity index (χ0n) is 10.8. The summed E-state index contributed by atoms with van der Waals surface area (Å²) in [6, 6.07) is 4.60. The molecule has 1 aromatic rings. The molecule has 100 valence electrons. The molecule has 0 aromatic heterocycles. The molecular formula is C15H21ClFN. The van der Waals surface area contributed by atoms with Crippen LogP contribution < -0.4 is 5.73 Å². The summed E-state index contributed by atoms with van der Waals surface area (Å²) in [4.78, 5) is 0. The fourth-order valence-electron chi connectivity index (χ4n) is 2.99. The van der Waals surface area contributed by atoms with Crippen LogP contribution in [0.15, 0.2) is 18.2 Å². The smallest absolute Gasteiger partial charge is 0.123 e. The molecular weight excluding hydrogens is 249 g/mol. The van der Waals surface area contributed by atoms with Crippen LogP contribution in [0, 0.1) is 17.7 Å². The number of hydrogen-bond donors (Lipinski definition) is 1. The Bertz CT molecular complexity index is 407. The molecule has 3 heteroatoms. The first-order valence-electron chi connectivity index (χ1n) is 6.75. The van der Waals surface area contributed by atoms with E-state index in [4.69, 9.17) is 17.3 Å². The average molecular weight is 270 g/mol. The van der Waals surface area contributed by atoms with E-state index in [-0.39, 0.29) is 11.9 Å². The molecule has 1 nitrogen and oxygen atoms in total. The number of rotatable bonds is 3. The van der Waals surface area contributed by atoms with Crippen LogP contribution in [0.1, 0.15) is 38.2 Å². The highest BCUT2D eigenvalue weighted by molar-refractivity contribution is 6.31. The van der Waals surface area contributed by atoms with Gasteiger partial charge in [0.25, 0.3) is 0 Å². The van der Waals surface area contributed by atoms with Crippen molar-refractivity contribution in [2.75, 3.05) is 0 Å². The van der Waals surface area contributed by atoms with Crippen LogP contribution in [-0.2, 0) is 6.42 Å². The summed E-state index contributed by atoms with van der Waals surface area (Å²) in [5.74, 6) is 1.07. The van der Waals surface area contributed by atoms with Crippen molar-refractivity contribution in [3.8, 4) is 0 Å². The molecule has 0 saturated heterocycles. The minimum Gasteiger partial charge on any atom is -0.327 e. The first kappa shape index (κ1) is 13.8. The predicted octanol–water partition coefficient (Wildman–Crippen LogP) is 4.18. The van der Waals surface area contributed by atoms with Crippen LogP contribution in [-0.4, -0.2) is 6.04 Å². The van der Waals surface area contributed by atoms with E-state index >= 15 is 0 Å². The van der Waals surface area contributed by atoms with Gasteiger partial charge in [-0.1, -0.05) is 31.4 Å². The molecule has 1 aliphatic rings. The van der Waals surface area contributed by atoms with E-state index in [1.54, 1.807) is 6.07 Å². The Morgan fingerprint density at radius 1 is 1.44 bits per heavy atom. The fraction of sp³-hybridized carbons (Fsp3) is 0.600. The molecule has 0 aliphatic heterocycles. The van der Waals surface area contributed by atoms with Gasteiger partial charge in [-0.25, -0.2) is 4.39 Å². The summed E-state index contributed by atoms with van der Waals surface area (Å²) in [7, 11) is 0. The van der Waals surface area contributed by atoms with Gasteiger partial charge in [-0.3, -0.25) is 0 Å². The minimum atomic E-state index is -0.237. The molecule has 2 rings (SSSR count). The Morgan fingerprint density at radius 3 is 2.94 bits per heavy atom. The lowest BCUT2D eigenvalue weighted by Crippen LogP contribution is -2.35. The van der Waals surface area contributed by atoms with Gasteiger partial charge in [0, 0.05) is 11.1 Å². The normalized spacial score (nSPS) is 26.0. The number of nitrogens with two attached hydrogens (primary N) is 1. The lowest BCUT2D eigenvalue weighted by atomic mass is 9.77. The molecule has 0 radical (unpaired) electrons. The zero-order valence-corrected chi connectivity index (χ0v) is 11.6. The molecule has 0 amide bonds. The summed E-state index contributed by atoms with van der Waals surface area (Å²) >= 11 is 6.09. The fourth-order valence-corrected chi connectivity index (χ4v) is 3.18. The Labute approximate surface area is 114 Å². The summed E-state index contributed by atoms with van der Waals surface area (Å²) in [5, 5.41) is 0.621. The van der Waals surface area contributed by atoms with E-state index in [0.717, 1.165) is 11.5 Å². The molecule has 0 heterocycles. The topological polar surface area (TPSA) is 26.0 Å². The molecule has 2 N–H and O–H groups in total. The van der Waals surface area contributed by atoms with Crippen LogP contribution in [0.5, 0.6) is 0 Å². The lowest BCUT2D eigenvalue weighted by molar-refractivity contribution is 0.245. The lowest BCUT2D eigenvalue weighted by Gasteiger charge is -2.31. The zero-order chi connectivity index (χ0) is 13.1. The Balaban J connectivity index is 2.01. The monoisotopic (exact) mass is 269 g/mol. The van der Waals surface area contributed by atoms with Gasteiger partial charge < -0.3 is 5.73 Å². The maximum Gasteiger partial charge on any atom is 0.123 e. The molecule has 1 saturated carbocycles. The van der Waals surface area contributed by atoms with E-state index in [0.29, 0.717) is 17.4 Å². The van der Waals surface area contributed by atoms with Crippen LogP contribution >= 0.6 is 11.6 Å². The molecule has 3 unspecified atom stereocenters. The summed E-state index contributed by atoms with van der Waals surface area (Å²) in [5.41, 5.74) is 7.12. The van der Waals surface area contributed by atoms with Gasteiger partial charge in [0.1, 0.15) is 5.82 Å². The number of halogens is 2. The first-order valence-corrected chi connectivity index (χ1v) is 7.13. The van der Waals surface area contributed by atoms with Crippen LogP contribution in [0.25, 0.3) is 0 Å². The van der Waals surface area contributed by atoms with Gasteiger partial charge >= 0.3 is 0 Å². The number of benzene rings is 1. The molecule has 3 atom stereocenters. The van der Waals surface area contributed by atoms with Gasteiger partial charge in [-0.05, 0) is 54.9 Å². The SMILES string of the molecule is CC1CCCC(C(N)Cc2cc(F)ccc2Cl)C1. The van der Waals surface area contributed by atoms with Crippen molar-refractivity contribution in [2.45, 2.75) is 45.1 Å². The standard InChI is InChI=1S/C15H21ClFN/c1-10-3-2-4-11(7-10)15(18)9-12-8-13(17)5-6-14(12)16/h5-6,8,10-11,15H,2-4,7,9,18H2,1H3. The van der Waals surface area contributed by atoms with Gasteiger partial charge in [0.15, 0.2) is 0 Å². The third-order valence-electron chi connectivity index (χ3n) is 4.05. The second-order valence-electron chi connectivity index (χ2n) is 5.64. The Hall–Kier alpha value is -0.600. The van der Waals surface area contributed by atoms with Crippen LogP contribution in [0.4, 0.5) is 4.39 Å². The van der Waals surface area contributed by atoms with Crippen LogP contribution in [0.3, 0.4) is 0 Å². The van der Waals surface area contributed by atoms with Crippen LogP contribution in [0.2, 0.25) is 5.02 Å². The number of hydrogen-bond acceptors (Lipinski definition) is 1. The Morgan fingerprint density at radius 2 is 2.22 bits per heavy atom. The van der Waals surface area contributed by atoms with E-state index in [1.165, 1.54) is 37.8 Å². The molecule has 1 fully saturated rings. The third-order valence-corrected chi connectivity index (χ3v) is 4.41. The maximum atomic E-state index is 13.2. The highest BCUT2D eigenvalue weighted by Gasteiger charge is 2.24. The van der Waals surface area contributed by atoms with Gasteiger partial charge in [-0.15, -0.1) is 0 Å². The molecule has 0 spiro atoms. The highest BCUT2D eigenvalue weighted by Crippen LogP contribution is 2.32. The molecule has 1 aliphatic carbocycles. The van der Waals surface area contributed by atoms with Crippen molar-refractivity contribution in [3.63, 3.8) is 0 Å². The predicted molar refractivity (Wildman–Crippen MR) is 74.2 cm³/mol. The molecule has 18 heavy (non-hydrogen) atoms. The summed E-state index contributed by atoms with van der Waals surface area (Å²) in [6.45, 7) is 2.29. The Kier molecular flexibility index (Phi) is 4.63. The molecule has 0 bridgehead atoms. The minimum absolute atomic E-state index is 0.0899. The third kappa shape index (κ3) is 3.46. The average Bonchev–Trinajstić information content (AvgIpc) is 2.34. The van der Waals surface area contributed by atoms with Gasteiger partial charge in [0.05, 0.1) is 0 Å². The largest absolute Gasteiger partial charge is 0.327 e. The van der Waals surface area contributed by atoms with Crippen molar-refractivity contribution < 1.29 is 4.39 Å². The summed E-state index contributed by atoms with van der Waals surface area (Å²) < 4.78 is 13.2. The molecule has 1 aromatic carbocycles. The van der Waals surface area contributed by atoms with E-state index in [9.17, 15) is 4.39 Å². The van der Waals surface area contributed by atoms with E-state index in [2.05, 4.69) is 6.92 Å². The van der Waals surface area contributed by atoms with E-state index in [1.807, 2.05) is 0 Å². The second kappa shape index (κ2) is 6.03. The second-order valence-corrected chi connectivity index (χ2v) is 6.04. The van der Waals surface area contributed by atoms with Crippen molar-refractivity contribution in [1.29, 1.82) is 0 Å². The van der Waals surface area contributed by atoms with Crippen molar-refractivity contribution in [2.24, 2.45) is 17.6 Å². The highest BCUT2D eigenvalue weighted by atomic mass is 35.5. The maximum absolute atomic E-state index is 13.2. The van der Waals surface area contributed by atoms with E-state index < -0.39 is 0 Å². The van der Waals surface area contributed by atoms with Crippen molar-refractivity contribution in [3.05, 3.63) is 34.6 Å². The van der Waals surface area contributed by atoms with Gasteiger partial charge in [0.2, 0.25) is 0 Å². The van der Waals surface area contributed by atoms with Gasteiger partial charge in [-0.2, -0.15) is 0 Å².